The second-order valence-corrected chi connectivity index (χ2v) is 4.96. The Kier molecular flexibility index (Phi) is 8.87. The van der Waals surface area contributed by atoms with E-state index >= 15 is 0 Å². The van der Waals surface area contributed by atoms with Gasteiger partial charge in [0.1, 0.15) is 6.61 Å². The van der Waals surface area contributed by atoms with Gasteiger partial charge in [-0.2, -0.15) is 0 Å². The summed E-state index contributed by atoms with van der Waals surface area (Å²) in [6, 6.07) is 8.25. The Morgan fingerprint density at radius 1 is 1.00 bits per heavy atom. The van der Waals surface area contributed by atoms with Crippen molar-refractivity contribution in [3.63, 3.8) is 0 Å². The molecule has 1 N–H and O–H groups in total. The van der Waals surface area contributed by atoms with Gasteiger partial charge in [0.05, 0.1) is 13.2 Å². The molecule has 0 bridgehead atoms. The van der Waals surface area contributed by atoms with Crippen molar-refractivity contribution in [2.45, 2.75) is 39.7 Å². The number of ether oxygens (including phenoxy) is 2. The summed E-state index contributed by atoms with van der Waals surface area (Å²) in [6.07, 6.45) is 2.18. The third-order valence-electron chi connectivity index (χ3n) is 3.63. The molecule has 0 atom stereocenters. The van der Waals surface area contributed by atoms with E-state index in [4.69, 9.17) is 9.47 Å². The molecule has 0 aromatic heterocycles. The van der Waals surface area contributed by atoms with Crippen LogP contribution in [0.4, 0.5) is 0 Å². The molecule has 0 radical (unpaired) electrons. The first-order chi connectivity index (χ1) is 10.3. The first kappa shape index (κ1) is 17.8. The molecular formula is C17H29NO3. The van der Waals surface area contributed by atoms with Crippen LogP contribution >= 0.6 is 0 Å². The third kappa shape index (κ3) is 5.94. The SMILES string of the molecule is CCOc1ccccc1OCCN(CCO)C(CC)CC. The van der Waals surface area contributed by atoms with Crippen molar-refractivity contribution in [2.75, 3.05) is 32.9 Å². The van der Waals surface area contributed by atoms with Gasteiger partial charge in [-0.3, -0.25) is 4.90 Å². The lowest BCUT2D eigenvalue weighted by molar-refractivity contribution is 0.121. The van der Waals surface area contributed by atoms with Gasteiger partial charge in [0.25, 0.3) is 0 Å². The van der Waals surface area contributed by atoms with Crippen LogP contribution in [0.5, 0.6) is 11.5 Å². The van der Waals surface area contributed by atoms with E-state index in [0.717, 1.165) is 30.9 Å². The van der Waals surface area contributed by atoms with Crippen LogP contribution in [0, 0.1) is 0 Å². The average molecular weight is 295 g/mol. The molecule has 0 aliphatic carbocycles. The van der Waals surface area contributed by atoms with Crippen molar-refractivity contribution in [1.82, 2.24) is 4.90 Å². The zero-order valence-corrected chi connectivity index (χ0v) is 13.5. The smallest absolute Gasteiger partial charge is 0.161 e. The van der Waals surface area contributed by atoms with Crippen LogP contribution in [0.2, 0.25) is 0 Å². The fraction of sp³-hybridized carbons (Fsp3) is 0.647. The van der Waals surface area contributed by atoms with Crippen LogP contribution in [-0.2, 0) is 0 Å². The predicted octanol–water partition coefficient (Wildman–Crippen LogP) is 2.95. The molecule has 0 saturated carbocycles. The summed E-state index contributed by atoms with van der Waals surface area (Å²) in [5.74, 6) is 1.57. The molecule has 120 valence electrons. The first-order valence-corrected chi connectivity index (χ1v) is 7.96. The highest BCUT2D eigenvalue weighted by atomic mass is 16.5. The number of rotatable bonds is 11. The van der Waals surface area contributed by atoms with E-state index < -0.39 is 0 Å². The maximum Gasteiger partial charge on any atom is 0.161 e. The van der Waals surface area contributed by atoms with Gasteiger partial charge in [0.15, 0.2) is 11.5 Å². The molecule has 0 amide bonds. The molecule has 0 spiro atoms. The minimum atomic E-state index is 0.187. The van der Waals surface area contributed by atoms with Gasteiger partial charge < -0.3 is 14.6 Å². The normalized spacial score (nSPS) is 11.1. The fourth-order valence-electron chi connectivity index (χ4n) is 2.53. The van der Waals surface area contributed by atoms with Gasteiger partial charge in [-0.25, -0.2) is 0 Å². The van der Waals surface area contributed by atoms with Gasteiger partial charge in [-0.15, -0.1) is 0 Å². The number of benzene rings is 1. The van der Waals surface area contributed by atoms with Crippen LogP contribution in [0.25, 0.3) is 0 Å². The van der Waals surface area contributed by atoms with Crippen molar-refractivity contribution >= 4 is 0 Å². The lowest BCUT2D eigenvalue weighted by atomic mass is 10.1. The summed E-state index contributed by atoms with van der Waals surface area (Å²) in [4.78, 5) is 2.29. The summed E-state index contributed by atoms with van der Waals surface area (Å²) >= 11 is 0. The molecule has 1 aromatic rings. The van der Waals surface area contributed by atoms with E-state index in [1.54, 1.807) is 0 Å². The topological polar surface area (TPSA) is 41.9 Å². The Hall–Kier alpha value is -1.26. The highest BCUT2D eigenvalue weighted by Crippen LogP contribution is 2.26. The Balaban J connectivity index is 2.53. The maximum absolute atomic E-state index is 9.20. The second-order valence-electron chi connectivity index (χ2n) is 4.96. The van der Waals surface area contributed by atoms with Gasteiger partial charge in [-0.05, 0) is 31.9 Å². The summed E-state index contributed by atoms with van der Waals surface area (Å²) in [6.45, 7) is 9.26. The first-order valence-electron chi connectivity index (χ1n) is 7.96. The number of para-hydroxylation sites is 2. The van der Waals surface area contributed by atoms with Gasteiger partial charge in [0, 0.05) is 19.1 Å². The van der Waals surface area contributed by atoms with E-state index in [9.17, 15) is 5.11 Å². The zero-order chi connectivity index (χ0) is 15.5. The molecule has 0 aliphatic heterocycles. The van der Waals surface area contributed by atoms with Crippen molar-refractivity contribution < 1.29 is 14.6 Å². The third-order valence-corrected chi connectivity index (χ3v) is 3.63. The highest BCUT2D eigenvalue weighted by Gasteiger charge is 2.14. The largest absolute Gasteiger partial charge is 0.490 e. The van der Waals surface area contributed by atoms with Crippen LogP contribution in [-0.4, -0.2) is 49.0 Å². The molecule has 1 rings (SSSR count). The number of hydrogen-bond donors (Lipinski definition) is 1. The standard InChI is InChI=1S/C17H29NO3/c1-4-15(5-2)18(11-13-19)12-14-21-17-10-8-7-9-16(17)20-6-3/h7-10,15,19H,4-6,11-14H2,1-3H3. The Morgan fingerprint density at radius 2 is 1.62 bits per heavy atom. The van der Waals surface area contributed by atoms with Crippen molar-refractivity contribution in [1.29, 1.82) is 0 Å². The molecule has 4 heteroatoms. The van der Waals surface area contributed by atoms with Crippen LogP contribution in [0.3, 0.4) is 0 Å². The highest BCUT2D eigenvalue weighted by molar-refractivity contribution is 5.39. The Labute approximate surface area is 128 Å². The second kappa shape index (κ2) is 10.5. The van der Waals surface area contributed by atoms with Crippen LogP contribution < -0.4 is 9.47 Å². The molecule has 0 unspecified atom stereocenters. The molecule has 0 fully saturated rings. The summed E-state index contributed by atoms with van der Waals surface area (Å²) in [5, 5.41) is 9.20. The molecule has 4 nitrogen and oxygen atoms in total. The average Bonchev–Trinajstić information content (AvgIpc) is 2.50. The lowest BCUT2D eigenvalue weighted by Crippen LogP contribution is -2.39. The van der Waals surface area contributed by atoms with E-state index in [1.807, 2.05) is 31.2 Å². The van der Waals surface area contributed by atoms with Crippen molar-refractivity contribution in [3.8, 4) is 11.5 Å². The van der Waals surface area contributed by atoms with Crippen molar-refractivity contribution in [3.05, 3.63) is 24.3 Å². The minimum Gasteiger partial charge on any atom is -0.490 e. The monoisotopic (exact) mass is 295 g/mol. The molecule has 0 heterocycles. The van der Waals surface area contributed by atoms with Crippen LogP contribution in [0.15, 0.2) is 24.3 Å². The van der Waals surface area contributed by atoms with E-state index in [2.05, 4.69) is 18.7 Å². The molecule has 1 aromatic carbocycles. The molecule has 0 aliphatic rings. The van der Waals surface area contributed by atoms with Crippen molar-refractivity contribution in [2.24, 2.45) is 0 Å². The summed E-state index contributed by atoms with van der Waals surface area (Å²) in [5.41, 5.74) is 0. The molecule has 0 saturated heterocycles. The maximum atomic E-state index is 9.20. The quantitative estimate of drug-likeness (QED) is 0.681. The number of hydrogen-bond acceptors (Lipinski definition) is 4. The van der Waals surface area contributed by atoms with E-state index in [1.165, 1.54) is 0 Å². The van der Waals surface area contributed by atoms with Gasteiger partial charge in [0.2, 0.25) is 0 Å². The number of aliphatic hydroxyl groups is 1. The number of aliphatic hydroxyl groups excluding tert-OH is 1. The zero-order valence-electron chi connectivity index (χ0n) is 13.5. The van der Waals surface area contributed by atoms with Gasteiger partial charge in [-0.1, -0.05) is 26.0 Å². The van der Waals surface area contributed by atoms with E-state index in [0.29, 0.717) is 25.8 Å². The molecule has 21 heavy (non-hydrogen) atoms. The van der Waals surface area contributed by atoms with Crippen LogP contribution in [0.1, 0.15) is 33.6 Å². The predicted molar refractivity (Wildman–Crippen MR) is 86.1 cm³/mol. The Bertz CT molecular complexity index is 380. The fourth-order valence-corrected chi connectivity index (χ4v) is 2.53. The number of nitrogens with zero attached hydrogens (tertiary/aromatic N) is 1. The minimum absolute atomic E-state index is 0.187. The summed E-state index contributed by atoms with van der Waals surface area (Å²) in [7, 11) is 0. The molecular weight excluding hydrogens is 266 g/mol. The van der Waals surface area contributed by atoms with E-state index in [-0.39, 0.29) is 6.61 Å². The lowest BCUT2D eigenvalue weighted by Gasteiger charge is -2.29. The Morgan fingerprint density at radius 3 is 2.14 bits per heavy atom. The summed E-state index contributed by atoms with van der Waals surface area (Å²) < 4.78 is 11.4. The van der Waals surface area contributed by atoms with Gasteiger partial charge >= 0.3 is 0 Å².